The monoisotopic (exact) mass is 296 g/mol. The lowest BCUT2D eigenvalue weighted by Gasteiger charge is -2.39. The van der Waals surface area contributed by atoms with Crippen LogP contribution in [0.3, 0.4) is 0 Å². The van der Waals surface area contributed by atoms with Crippen molar-refractivity contribution in [3.63, 3.8) is 0 Å². The van der Waals surface area contributed by atoms with Crippen molar-refractivity contribution < 1.29 is 23.3 Å². The molecule has 0 aromatic carbocycles. The Labute approximate surface area is 129 Å². The maximum atomic E-state index is 6.19. The summed E-state index contributed by atoms with van der Waals surface area (Å²) in [7, 11) is -0.281. The molecule has 2 rings (SSSR count). The molecule has 0 spiro atoms. The summed E-state index contributed by atoms with van der Waals surface area (Å²) >= 11 is 0. The molecule has 0 aromatic rings. The first kappa shape index (κ1) is 17.4. The Morgan fingerprint density at radius 2 is 1.57 bits per heavy atom. The van der Waals surface area contributed by atoms with E-state index in [0.29, 0.717) is 13.2 Å². The van der Waals surface area contributed by atoms with E-state index in [-0.39, 0.29) is 39.5 Å². The first-order valence-electron chi connectivity index (χ1n) is 8.41. The third-order valence-electron chi connectivity index (χ3n) is 4.21. The topological polar surface area (TPSA) is 46.2 Å². The van der Waals surface area contributed by atoms with Crippen LogP contribution in [0.1, 0.15) is 27.7 Å². The van der Waals surface area contributed by atoms with Crippen molar-refractivity contribution in [3.8, 4) is 0 Å². The summed E-state index contributed by atoms with van der Waals surface area (Å²) in [4.78, 5) is 0. The van der Waals surface area contributed by atoms with Crippen LogP contribution in [0, 0.1) is 0 Å². The van der Waals surface area contributed by atoms with E-state index in [2.05, 4.69) is 27.7 Å². The average molecular weight is 296 g/mol. The first-order valence-corrected chi connectivity index (χ1v) is 8.41. The molecule has 5 nitrogen and oxygen atoms in total. The zero-order chi connectivity index (χ0) is 15.2. The molecule has 0 aromatic heterocycles. The van der Waals surface area contributed by atoms with Crippen LogP contribution in [0.5, 0.6) is 0 Å². The van der Waals surface area contributed by atoms with Crippen LogP contribution in [-0.2, 0) is 23.3 Å². The molecule has 2 fully saturated rings. The van der Waals surface area contributed by atoms with Crippen LogP contribution in [-0.4, -0.2) is 52.7 Å². The average Bonchev–Trinajstić information content (AvgIpc) is 3.01. The van der Waals surface area contributed by atoms with E-state index in [0.717, 1.165) is 25.3 Å². The van der Waals surface area contributed by atoms with E-state index in [1.54, 1.807) is 0 Å². The third kappa shape index (κ3) is 4.49. The normalized spacial score (nSPS) is 30.0. The molecule has 0 amide bonds. The van der Waals surface area contributed by atoms with E-state index in [9.17, 15) is 0 Å². The fourth-order valence-corrected chi connectivity index (χ4v) is 2.85. The minimum Gasteiger partial charge on any atom is -0.428 e. The van der Waals surface area contributed by atoms with Crippen LogP contribution in [0.15, 0.2) is 0 Å². The molecule has 0 N–H and O–H groups in total. The van der Waals surface area contributed by atoms with Crippen molar-refractivity contribution in [2.24, 2.45) is 0 Å². The minimum absolute atomic E-state index is 0.0627. The molecule has 0 saturated carbocycles. The fourth-order valence-electron chi connectivity index (χ4n) is 2.85. The van der Waals surface area contributed by atoms with Gasteiger partial charge in [0.25, 0.3) is 6.92 Å². The lowest BCUT2D eigenvalue weighted by Crippen LogP contribution is -2.54. The van der Waals surface area contributed by atoms with Crippen LogP contribution < -0.4 is 0 Å². The van der Waals surface area contributed by atoms with Gasteiger partial charge in [-0.1, -0.05) is 40.3 Å². The van der Waals surface area contributed by atoms with Gasteiger partial charge in [-0.3, -0.25) is 0 Å². The van der Waals surface area contributed by atoms with Crippen LogP contribution in [0.25, 0.3) is 0 Å². The smallest absolute Gasteiger partial charge is 0.428 e. The summed E-state index contributed by atoms with van der Waals surface area (Å²) in [6.45, 7) is 9.79. The molecule has 3 atom stereocenters. The number of hydrogen-bond acceptors (Lipinski definition) is 5. The highest BCUT2D eigenvalue weighted by Gasteiger charge is 2.44. The Bertz CT molecular complexity index is 306. The summed E-state index contributed by atoms with van der Waals surface area (Å²) in [5.74, 6) is 0. The van der Waals surface area contributed by atoms with E-state index in [4.69, 9.17) is 23.3 Å². The third-order valence-corrected chi connectivity index (χ3v) is 4.21. The zero-order valence-electron chi connectivity index (χ0n) is 13.7. The predicted octanol–water partition coefficient (Wildman–Crippen LogP) is 2.25. The van der Waals surface area contributed by atoms with Gasteiger partial charge < -0.3 is 23.3 Å². The maximum Gasteiger partial charge on any atom is 0.457 e. The molecule has 0 bridgehead atoms. The molecule has 0 aliphatic carbocycles. The van der Waals surface area contributed by atoms with Crippen molar-refractivity contribution in [1.29, 1.82) is 0 Å². The molecular weight excluding hydrogens is 269 g/mol. The van der Waals surface area contributed by atoms with E-state index in [1.807, 2.05) is 0 Å². The van der Waals surface area contributed by atoms with Gasteiger partial charge in [-0.2, -0.15) is 0 Å². The second-order valence-corrected chi connectivity index (χ2v) is 5.73. The van der Waals surface area contributed by atoms with Crippen LogP contribution in [0.2, 0.25) is 25.3 Å². The molecule has 0 radical (unpaired) electrons. The van der Waals surface area contributed by atoms with Gasteiger partial charge in [-0.05, 0) is 12.6 Å². The van der Waals surface area contributed by atoms with Crippen LogP contribution in [0.4, 0.5) is 0 Å². The Morgan fingerprint density at radius 3 is 2.14 bits per heavy atom. The van der Waals surface area contributed by atoms with E-state index >= 15 is 0 Å². The molecular formula is C13H27B3O5. The van der Waals surface area contributed by atoms with E-state index < -0.39 is 0 Å². The minimum atomic E-state index is -0.166. The fraction of sp³-hybridized carbons (Fsp3) is 1.00. The molecule has 2 aliphatic heterocycles. The van der Waals surface area contributed by atoms with Gasteiger partial charge >= 0.3 is 14.2 Å². The highest BCUT2D eigenvalue weighted by molar-refractivity contribution is 6.51. The van der Waals surface area contributed by atoms with Crippen molar-refractivity contribution in [2.75, 3.05) is 13.2 Å². The zero-order valence-corrected chi connectivity index (χ0v) is 13.7. The quantitative estimate of drug-likeness (QED) is 0.674. The molecule has 8 heteroatoms. The lowest BCUT2D eigenvalue weighted by atomic mass is 9.62. The SMILES string of the molecule is CCB(CC)O[C@@H]1COB(CC)O[C@@H]1[C@@H]1COB(CC)O1. The van der Waals surface area contributed by atoms with Gasteiger partial charge in [0.1, 0.15) is 0 Å². The van der Waals surface area contributed by atoms with Gasteiger partial charge in [-0.15, -0.1) is 0 Å². The van der Waals surface area contributed by atoms with Crippen molar-refractivity contribution >= 4 is 21.2 Å². The predicted molar refractivity (Wildman–Crippen MR) is 85.7 cm³/mol. The number of hydrogen-bond donors (Lipinski definition) is 0. The Morgan fingerprint density at radius 1 is 0.952 bits per heavy atom. The van der Waals surface area contributed by atoms with Gasteiger partial charge in [0.05, 0.1) is 31.5 Å². The Hall–Kier alpha value is -0.00519. The molecule has 2 heterocycles. The van der Waals surface area contributed by atoms with Gasteiger partial charge in [0.15, 0.2) is 0 Å². The van der Waals surface area contributed by atoms with Gasteiger partial charge in [0.2, 0.25) is 0 Å². The largest absolute Gasteiger partial charge is 0.457 e. The summed E-state index contributed by atoms with van der Waals surface area (Å²) in [5.41, 5.74) is 0. The molecule has 21 heavy (non-hydrogen) atoms. The second-order valence-electron chi connectivity index (χ2n) is 5.73. The van der Waals surface area contributed by atoms with Gasteiger partial charge in [-0.25, -0.2) is 0 Å². The summed E-state index contributed by atoms with van der Waals surface area (Å²) in [6, 6.07) is 0. The molecule has 0 unspecified atom stereocenters. The van der Waals surface area contributed by atoms with Gasteiger partial charge in [0, 0.05) is 0 Å². The molecule has 118 valence electrons. The van der Waals surface area contributed by atoms with Crippen molar-refractivity contribution in [3.05, 3.63) is 0 Å². The van der Waals surface area contributed by atoms with Crippen LogP contribution >= 0.6 is 0 Å². The van der Waals surface area contributed by atoms with Crippen molar-refractivity contribution in [2.45, 2.75) is 71.3 Å². The maximum absolute atomic E-state index is 6.19. The van der Waals surface area contributed by atoms with Crippen molar-refractivity contribution in [1.82, 2.24) is 0 Å². The number of rotatable bonds is 7. The Balaban J connectivity index is 1.99. The Kier molecular flexibility index (Phi) is 7.09. The summed E-state index contributed by atoms with van der Waals surface area (Å²) < 4.78 is 29.6. The summed E-state index contributed by atoms with van der Waals surface area (Å²) in [5, 5.41) is 0. The molecule has 2 saturated heterocycles. The second kappa shape index (κ2) is 8.58. The van der Waals surface area contributed by atoms with E-state index in [1.165, 1.54) is 0 Å². The molecule has 2 aliphatic rings. The lowest BCUT2D eigenvalue weighted by molar-refractivity contribution is -0.0803. The highest BCUT2D eigenvalue weighted by atomic mass is 16.7. The highest BCUT2D eigenvalue weighted by Crippen LogP contribution is 2.26. The first-order chi connectivity index (χ1) is 10.2. The standard InChI is InChI=1S/C13H27B3O5/c1-5-14(6-2)19-11-9-18-16(8-4)21-13(11)12-10-17-15(7-3)20-12/h11-13H,5-10H2,1-4H3/t11-,12+,13+/m1/s1. The summed E-state index contributed by atoms with van der Waals surface area (Å²) in [6.07, 6.45) is 3.43.